The van der Waals surface area contributed by atoms with Crippen LogP contribution >= 0.6 is 23.1 Å². The molecule has 5 nitrogen and oxygen atoms in total. The monoisotopic (exact) mass is 402 g/mol. The molecule has 2 aromatic rings. The quantitative estimate of drug-likeness (QED) is 0.660. The summed E-state index contributed by atoms with van der Waals surface area (Å²) in [6.45, 7) is 7.25. The highest BCUT2D eigenvalue weighted by Gasteiger charge is 2.38. The normalized spacial score (nSPS) is 18.5. The first kappa shape index (κ1) is 19.6. The van der Waals surface area contributed by atoms with Crippen molar-refractivity contribution in [3.63, 3.8) is 0 Å². The number of ketones is 1. The van der Waals surface area contributed by atoms with E-state index in [9.17, 15) is 4.79 Å². The van der Waals surface area contributed by atoms with Crippen LogP contribution in [0.2, 0.25) is 0 Å². The number of allylic oxidation sites excluding steroid dienone is 1. The Labute approximate surface area is 167 Å². The van der Waals surface area contributed by atoms with Crippen LogP contribution in [0.25, 0.3) is 6.08 Å². The van der Waals surface area contributed by atoms with E-state index >= 15 is 0 Å². The number of carbonyl (C=O) groups excluding carboxylic acids is 1. The number of aromatic nitrogens is 1. The molecule has 3 rings (SSSR count). The molecule has 2 heterocycles. The zero-order chi connectivity index (χ0) is 19.4. The zero-order valence-corrected chi connectivity index (χ0v) is 17.2. The molecule has 1 saturated heterocycles. The van der Waals surface area contributed by atoms with Gasteiger partial charge in [0.2, 0.25) is 0 Å². The van der Waals surface area contributed by atoms with Crippen molar-refractivity contribution in [2.24, 2.45) is 5.92 Å². The summed E-state index contributed by atoms with van der Waals surface area (Å²) in [5, 5.41) is 11.0. The van der Waals surface area contributed by atoms with Crippen molar-refractivity contribution in [1.29, 1.82) is 5.41 Å². The lowest BCUT2D eigenvalue weighted by atomic mass is 10.0. The van der Waals surface area contributed by atoms with Gasteiger partial charge in [-0.2, -0.15) is 0 Å². The lowest BCUT2D eigenvalue weighted by molar-refractivity contribution is -0.114. The predicted molar refractivity (Wildman–Crippen MR) is 111 cm³/mol. The van der Waals surface area contributed by atoms with Gasteiger partial charge in [0.05, 0.1) is 23.2 Å². The lowest BCUT2D eigenvalue weighted by Gasteiger charge is -2.14. The number of Topliss-reactive ketones (excluding diaryl/α,β-unsaturated/α-hetero) is 1. The number of hydrogen-bond donors (Lipinski definition) is 1. The number of carbonyl (C=O) groups is 1. The van der Waals surface area contributed by atoms with Crippen LogP contribution < -0.4 is 9.47 Å². The minimum atomic E-state index is -0.568. The lowest BCUT2D eigenvalue weighted by Crippen LogP contribution is -2.11. The van der Waals surface area contributed by atoms with E-state index in [0.717, 1.165) is 5.56 Å². The third kappa shape index (κ3) is 4.59. The largest absolute Gasteiger partial charge is 0.490 e. The molecule has 0 saturated carbocycles. The maximum atomic E-state index is 12.8. The van der Waals surface area contributed by atoms with Gasteiger partial charge in [0, 0.05) is 11.6 Å². The molecule has 27 heavy (non-hydrogen) atoms. The second-order valence-corrected chi connectivity index (χ2v) is 8.50. The van der Waals surface area contributed by atoms with Crippen LogP contribution in [0.3, 0.4) is 0 Å². The fourth-order valence-corrected chi connectivity index (χ4v) is 4.41. The molecular formula is C20H22N2O3S2. The Morgan fingerprint density at radius 2 is 2.11 bits per heavy atom. The van der Waals surface area contributed by atoms with E-state index in [-0.39, 0.29) is 5.78 Å². The van der Waals surface area contributed by atoms with Gasteiger partial charge in [-0.15, -0.1) is 11.3 Å². The summed E-state index contributed by atoms with van der Waals surface area (Å²) in [6, 6.07) is 5.65. The highest BCUT2D eigenvalue weighted by Crippen LogP contribution is 2.41. The molecule has 1 fully saturated rings. The molecule has 0 unspecified atom stereocenters. The van der Waals surface area contributed by atoms with Gasteiger partial charge < -0.3 is 9.47 Å². The van der Waals surface area contributed by atoms with Crippen molar-refractivity contribution in [2.75, 3.05) is 13.2 Å². The van der Waals surface area contributed by atoms with E-state index in [1.54, 1.807) is 6.20 Å². The molecule has 1 aromatic heterocycles. The van der Waals surface area contributed by atoms with Crippen LogP contribution in [0.1, 0.15) is 37.3 Å². The first-order chi connectivity index (χ1) is 13.0. The average Bonchev–Trinajstić information content (AvgIpc) is 3.23. The number of nitrogens with one attached hydrogen (secondary N) is 1. The molecule has 1 atom stereocenters. The molecule has 0 bridgehead atoms. The summed E-state index contributed by atoms with van der Waals surface area (Å²) in [5.41, 5.74) is 0.846. The first-order valence-corrected chi connectivity index (χ1v) is 10.5. The Hall–Kier alpha value is -2.12. The number of hydrogen-bond acceptors (Lipinski definition) is 7. The number of ether oxygens (including phenoxy) is 2. The SMILES string of the molecule is CCOc1cc(/C=C2\SC(=N)[C@@H](c3nccs3)C2=O)ccc1OCC(C)C. The Balaban J connectivity index is 1.85. The predicted octanol–water partition coefficient (Wildman–Crippen LogP) is 4.99. The van der Waals surface area contributed by atoms with Gasteiger partial charge in [-0.1, -0.05) is 31.7 Å². The maximum absolute atomic E-state index is 12.8. The third-order valence-corrected chi connectivity index (χ3v) is 5.66. The van der Waals surface area contributed by atoms with Crippen molar-refractivity contribution in [3.05, 3.63) is 45.3 Å². The van der Waals surface area contributed by atoms with Gasteiger partial charge >= 0.3 is 0 Å². The maximum Gasteiger partial charge on any atom is 0.186 e. The van der Waals surface area contributed by atoms with Gasteiger partial charge in [0.1, 0.15) is 10.9 Å². The smallest absolute Gasteiger partial charge is 0.186 e. The van der Waals surface area contributed by atoms with Gasteiger partial charge in [0.25, 0.3) is 0 Å². The minimum absolute atomic E-state index is 0.0713. The molecule has 0 aliphatic carbocycles. The summed E-state index contributed by atoms with van der Waals surface area (Å²) >= 11 is 2.61. The third-order valence-electron chi connectivity index (χ3n) is 3.82. The molecule has 0 radical (unpaired) electrons. The number of benzene rings is 1. The van der Waals surface area contributed by atoms with E-state index in [1.165, 1.54) is 23.1 Å². The van der Waals surface area contributed by atoms with Crippen molar-refractivity contribution in [2.45, 2.75) is 26.7 Å². The number of rotatable bonds is 7. The van der Waals surface area contributed by atoms with E-state index in [4.69, 9.17) is 14.9 Å². The van der Waals surface area contributed by atoms with Crippen molar-refractivity contribution in [1.82, 2.24) is 4.98 Å². The van der Waals surface area contributed by atoms with Crippen LogP contribution in [0.15, 0.2) is 34.7 Å². The van der Waals surface area contributed by atoms with Gasteiger partial charge in [-0.25, -0.2) is 4.98 Å². The fourth-order valence-electron chi connectivity index (χ4n) is 2.60. The molecular weight excluding hydrogens is 380 g/mol. The molecule has 1 aliphatic rings. The topological polar surface area (TPSA) is 72.3 Å². The summed E-state index contributed by atoms with van der Waals surface area (Å²) in [4.78, 5) is 17.5. The molecule has 0 amide bonds. The standard InChI is InChI=1S/C20H22N2O3S2/c1-4-24-15-9-13(5-6-14(15)25-11-12(2)3)10-16-18(23)17(19(21)27-16)20-22-7-8-26-20/h5-10,12,17,21H,4,11H2,1-3H3/b16-10-,21-19?/t17-/m0/s1. The molecule has 1 aliphatic heterocycles. The van der Waals surface area contributed by atoms with Crippen molar-refractivity contribution in [3.8, 4) is 11.5 Å². The zero-order valence-electron chi connectivity index (χ0n) is 15.5. The van der Waals surface area contributed by atoms with Gasteiger partial charge in [0.15, 0.2) is 17.3 Å². The van der Waals surface area contributed by atoms with Crippen LogP contribution in [-0.2, 0) is 4.79 Å². The van der Waals surface area contributed by atoms with Crippen LogP contribution in [0.5, 0.6) is 11.5 Å². The van der Waals surface area contributed by atoms with Gasteiger partial charge in [-0.05, 0) is 36.6 Å². The van der Waals surface area contributed by atoms with Crippen LogP contribution in [0.4, 0.5) is 0 Å². The number of nitrogens with zero attached hydrogens (tertiary/aromatic N) is 1. The van der Waals surface area contributed by atoms with Crippen molar-refractivity contribution >= 4 is 40.0 Å². The van der Waals surface area contributed by atoms with E-state index < -0.39 is 5.92 Å². The van der Waals surface area contributed by atoms with Crippen molar-refractivity contribution < 1.29 is 14.3 Å². The summed E-state index contributed by atoms with van der Waals surface area (Å²) in [6.07, 6.45) is 3.47. The Morgan fingerprint density at radius 3 is 2.78 bits per heavy atom. The van der Waals surface area contributed by atoms with E-state index in [1.807, 2.05) is 36.6 Å². The highest BCUT2D eigenvalue weighted by molar-refractivity contribution is 8.19. The highest BCUT2D eigenvalue weighted by atomic mass is 32.2. The molecule has 7 heteroatoms. The number of thioether (sulfide) groups is 1. The first-order valence-electron chi connectivity index (χ1n) is 8.80. The molecule has 142 valence electrons. The average molecular weight is 403 g/mol. The second-order valence-electron chi connectivity index (χ2n) is 6.49. The number of thiazole rings is 1. The van der Waals surface area contributed by atoms with E-state index in [0.29, 0.717) is 45.6 Å². The fraction of sp³-hybridized carbons (Fsp3) is 0.350. The second kappa shape index (κ2) is 8.71. The summed E-state index contributed by atoms with van der Waals surface area (Å²) in [5.74, 6) is 1.14. The Morgan fingerprint density at radius 1 is 1.30 bits per heavy atom. The molecule has 0 spiro atoms. The van der Waals surface area contributed by atoms with Crippen LogP contribution in [-0.4, -0.2) is 29.0 Å². The van der Waals surface area contributed by atoms with E-state index in [2.05, 4.69) is 18.8 Å². The molecule has 1 aromatic carbocycles. The Kier molecular flexibility index (Phi) is 6.34. The van der Waals surface area contributed by atoms with Gasteiger partial charge in [-0.3, -0.25) is 10.2 Å². The summed E-state index contributed by atoms with van der Waals surface area (Å²) in [7, 11) is 0. The minimum Gasteiger partial charge on any atom is -0.490 e. The van der Waals surface area contributed by atoms with Crippen LogP contribution in [0, 0.1) is 11.3 Å². The summed E-state index contributed by atoms with van der Waals surface area (Å²) < 4.78 is 11.5. The molecule has 1 N–H and O–H groups in total. The Bertz CT molecular complexity index is 860.